The Kier molecular flexibility index (Phi) is 9.97. The molecule has 0 aromatic carbocycles. The Balaban J connectivity index is 0.00000338. The molecule has 148 valence electrons. The van der Waals surface area contributed by atoms with Crippen LogP contribution in [0.5, 0.6) is 0 Å². The average molecular weight is 476 g/mol. The second-order valence-electron chi connectivity index (χ2n) is 7.18. The number of amides is 1. The van der Waals surface area contributed by atoms with E-state index < -0.39 is 0 Å². The van der Waals surface area contributed by atoms with Crippen LogP contribution < -0.4 is 11.1 Å². The molecular formula is C18H33IN6O. The molecule has 1 aromatic rings. The maximum atomic E-state index is 11.2. The van der Waals surface area contributed by atoms with Gasteiger partial charge in [-0.2, -0.15) is 0 Å². The smallest absolute Gasteiger partial charge is 0.217 e. The molecule has 8 heteroatoms. The van der Waals surface area contributed by atoms with E-state index in [0.29, 0.717) is 24.8 Å². The van der Waals surface area contributed by atoms with Crippen LogP contribution in [0.1, 0.15) is 45.9 Å². The molecule has 1 unspecified atom stereocenters. The number of likely N-dealkylation sites (tertiary alicyclic amines) is 1. The van der Waals surface area contributed by atoms with Gasteiger partial charge < -0.3 is 20.5 Å². The van der Waals surface area contributed by atoms with E-state index in [1.807, 2.05) is 12.4 Å². The van der Waals surface area contributed by atoms with Crippen LogP contribution in [0.15, 0.2) is 17.4 Å². The number of aliphatic imine (C=N–C) groups is 1. The monoisotopic (exact) mass is 476 g/mol. The van der Waals surface area contributed by atoms with Crippen molar-refractivity contribution in [2.45, 2.75) is 53.1 Å². The first-order valence-electron chi connectivity index (χ1n) is 9.31. The number of aromatic nitrogens is 2. The molecule has 7 nitrogen and oxygen atoms in total. The molecule has 0 bridgehead atoms. The van der Waals surface area contributed by atoms with Crippen molar-refractivity contribution < 1.29 is 4.79 Å². The van der Waals surface area contributed by atoms with Gasteiger partial charge in [-0.3, -0.25) is 4.79 Å². The molecule has 2 rings (SSSR count). The van der Waals surface area contributed by atoms with E-state index in [4.69, 9.17) is 10.7 Å². The highest BCUT2D eigenvalue weighted by Crippen LogP contribution is 2.19. The van der Waals surface area contributed by atoms with E-state index in [2.05, 4.69) is 40.5 Å². The summed E-state index contributed by atoms with van der Waals surface area (Å²) in [5, 5.41) is 3.37. The number of nitrogens with zero attached hydrogens (tertiary/aromatic N) is 4. The van der Waals surface area contributed by atoms with Crippen LogP contribution in [0.4, 0.5) is 0 Å². The summed E-state index contributed by atoms with van der Waals surface area (Å²) in [6.45, 7) is 10.6. The van der Waals surface area contributed by atoms with E-state index in [-0.39, 0.29) is 29.9 Å². The zero-order valence-electron chi connectivity index (χ0n) is 16.1. The standard InChI is InChI=1S/C18H32N6O.HI/c1-4-20-18(24-8-5-6-15(13-24)10-16(19)25)22-11-17-21-7-9-23(17)12-14(2)3;/h7,9,14-15H,4-6,8,10-13H2,1-3H3,(H2,19,25)(H,20,22);1H. The van der Waals surface area contributed by atoms with Gasteiger partial charge in [0.2, 0.25) is 5.91 Å². The summed E-state index contributed by atoms with van der Waals surface area (Å²) in [7, 11) is 0. The normalized spacial score (nSPS) is 17.9. The van der Waals surface area contributed by atoms with Crippen LogP contribution >= 0.6 is 24.0 Å². The number of rotatable bonds is 7. The maximum absolute atomic E-state index is 11.2. The van der Waals surface area contributed by atoms with Gasteiger partial charge in [-0.1, -0.05) is 13.8 Å². The Labute approximate surface area is 173 Å². The van der Waals surface area contributed by atoms with Crippen LogP contribution in [-0.2, 0) is 17.9 Å². The molecule has 3 N–H and O–H groups in total. The second-order valence-corrected chi connectivity index (χ2v) is 7.18. The van der Waals surface area contributed by atoms with E-state index in [1.54, 1.807) is 0 Å². The highest BCUT2D eigenvalue weighted by atomic mass is 127. The molecular weight excluding hydrogens is 443 g/mol. The molecule has 0 aliphatic carbocycles. The summed E-state index contributed by atoms with van der Waals surface area (Å²) in [4.78, 5) is 22.7. The zero-order valence-corrected chi connectivity index (χ0v) is 18.5. The average Bonchev–Trinajstić information content (AvgIpc) is 2.97. The summed E-state index contributed by atoms with van der Waals surface area (Å²) in [5.41, 5.74) is 5.37. The van der Waals surface area contributed by atoms with Crippen molar-refractivity contribution >= 4 is 35.8 Å². The molecule has 1 aromatic heterocycles. The first-order chi connectivity index (χ1) is 12.0. The van der Waals surface area contributed by atoms with Crippen LogP contribution in [0.25, 0.3) is 0 Å². The highest BCUT2D eigenvalue weighted by Gasteiger charge is 2.23. The Morgan fingerprint density at radius 2 is 2.27 bits per heavy atom. The van der Waals surface area contributed by atoms with Gasteiger partial charge in [0.05, 0.1) is 0 Å². The van der Waals surface area contributed by atoms with Crippen LogP contribution in [0, 0.1) is 11.8 Å². The number of nitrogens with two attached hydrogens (primary N) is 1. The Morgan fingerprint density at radius 1 is 1.50 bits per heavy atom. The Bertz CT molecular complexity index is 586. The van der Waals surface area contributed by atoms with Gasteiger partial charge in [0.15, 0.2) is 5.96 Å². The number of piperidine rings is 1. The molecule has 0 radical (unpaired) electrons. The maximum Gasteiger partial charge on any atom is 0.217 e. The fourth-order valence-electron chi connectivity index (χ4n) is 3.33. The summed E-state index contributed by atoms with van der Waals surface area (Å²) in [6, 6.07) is 0. The lowest BCUT2D eigenvalue weighted by Gasteiger charge is -2.34. The fourth-order valence-corrected chi connectivity index (χ4v) is 3.33. The van der Waals surface area contributed by atoms with Crippen molar-refractivity contribution in [3.8, 4) is 0 Å². The number of guanidine groups is 1. The molecule has 1 aliphatic rings. The van der Waals surface area contributed by atoms with Gasteiger partial charge in [0, 0.05) is 45.0 Å². The topological polar surface area (TPSA) is 88.5 Å². The predicted molar refractivity (Wildman–Crippen MR) is 115 cm³/mol. The SMILES string of the molecule is CCNC(=NCc1nccn1CC(C)C)N1CCCC(CC(N)=O)C1.I. The fraction of sp³-hybridized carbons (Fsp3) is 0.722. The number of carbonyl (C=O) groups is 1. The molecule has 0 spiro atoms. The van der Waals surface area contributed by atoms with Gasteiger partial charge in [-0.15, -0.1) is 24.0 Å². The van der Waals surface area contributed by atoms with Crippen molar-refractivity contribution in [1.82, 2.24) is 19.8 Å². The van der Waals surface area contributed by atoms with Crippen molar-refractivity contribution in [2.75, 3.05) is 19.6 Å². The van der Waals surface area contributed by atoms with E-state index in [1.165, 1.54) is 0 Å². The van der Waals surface area contributed by atoms with Gasteiger partial charge in [0.1, 0.15) is 12.4 Å². The predicted octanol–water partition coefficient (Wildman–Crippen LogP) is 2.21. The van der Waals surface area contributed by atoms with Gasteiger partial charge in [-0.25, -0.2) is 9.98 Å². The van der Waals surface area contributed by atoms with Crippen molar-refractivity contribution in [3.05, 3.63) is 18.2 Å². The molecule has 1 aliphatic heterocycles. The molecule has 1 saturated heterocycles. The number of hydrogen-bond donors (Lipinski definition) is 2. The van der Waals surface area contributed by atoms with Crippen molar-refractivity contribution in [1.29, 1.82) is 0 Å². The Hall–Kier alpha value is -1.32. The number of carbonyl (C=O) groups excluding carboxylic acids is 1. The molecule has 1 amide bonds. The third kappa shape index (κ3) is 7.13. The molecule has 0 saturated carbocycles. The lowest BCUT2D eigenvalue weighted by atomic mass is 9.95. The minimum Gasteiger partial charge on any atom is -0.370 e. The summed E-state index contributed by atoms with van der Waals surface area (Å²) in [6.07, 6.45) is 6.42. The molecule has 26 heavy (non-hydrogen) atoms. The van der Waals surface area contributed by atoms with Crippen molar-refractivity contribution in [2.24, 2.45) is 22.6 Å². The second kappa shape index (κ2) is 11.4. The van der Waals surface area contributed by atoms with Gasteiger partial charge >= 0.3 is 0 Å². The van der Waals surface area contributed by atoms with Crippen LogP contribution in [0.2, 0.25) is 0 Å². The first kappa shape index (κ1) is 22.7. The third-order valence-corrected chi connectivity index (χ3v) is 4.38. The number of primary amides is 1. The molecule has 2 heterocycles. The lowest BCUT2D eigenvalue weighted by Crippen LogP contribution is -2.47. The van der Waals surface area contributed by atoms with E-state index >= 15 is 0 Å². The number of hydrogen-bond acceptors (Lipinski definition) is 3. The summed E-state index contributed by atoms with van der Waals surface area (Å²) >= 11 is 0. The summed E-state index contributed by atoms with van der Waals surface area (Å²) < 4.78 is 2.17. The van der Waals surface area contributed by atoms with E-state index in [0.717, 1.165) is 50.8 Å². The number of halogens is 1. The molecule has 1 atom stereocenters. The molecule has 1 fully saturated rings. The first-order valence-corrected chi connectivity index (χ1v) is 9.31. The third-order valence-electron chi connectivity index (χ3n) is 4.38. The minimum atomic E-state index is -0.218. The highest BCUT2D eigenvalue weighted by molar-refractivity contribution is 14.0. The quantitative estimate of drug-likeness (QED) is 0.359. The minimum absolute atomic E-state index is 0. The zero-order chi connectivity index (χ0) is 18.2. The van der Waals surface area contributed by atoms with Crippen LogP contribution in [0.3, 0.4) is 0 Å². The number of imidazole rings is 1. The lowest BCUT2D eigenvalue weighted by molar-refractivity contribution is -0.119. The Morgan fingerprint density at radius 3 is 2.92 bits per heavy atom. The van der Waals surface area contributed by atoms with Crippen molar-refractivity contribution in [3.63, 3.8) is 0 Å². The van der Waals surface area contributed by atoms with Gasteiger partial charge in [-0.05, 0) is 31.6 Å². The summed E-state index contributed by atoms with van der Waals surface area (Å²) in [5.74, 6) is 2.55. The van der Waals surface area contributed by atoms with Crippen LogP contribution in [-0.4, -0.2) is 46.0 Å². The van der Waals surface area contributed by atoms with Gasteiger partial charge in [0.25, 0.3) is 0 Å². The number of nitrogens with one attached hydrogen (secondary N) is 1. The van der Waals surface area contributed by atoms with E-state index in [9.17, 15) is 4.79 Å². The largest absolute Gasteiger partial charge is 0.370 e.